The Labute approximate surface area is 117 Å². The van der Waals surface area contributed by atoms with E-state index in [1.807, 2.05) is 0 Å². The fourth-order valence-electron chi connectivity index (χ4n) is 3.70. The predicted molar refractivity (Wildman–Crippen MR) is 76.8 cm³/mol. The minimum Gasteiger partial charge on any atom is -0.388 e. The average molecular weight is 267 g/mol. The minimum absolute atomic E-state index is 0.141. The summed E-state index contributed by atoms with van der Waals surface area (Å²) < 4.78 is 0. The number of carbonyl (C=O) groups excluding carboxylic acids is 1. The van der Waals surface area contributed by atoms with Crippen LogP contribution in [0.3, 0.4) is 0 Å². The number of rotatable bonds is 4. The molecule has 0 aromatic heterocycles. The van der Waals surface area contributed by atoms with Crippen LogP contribution in [-0.2, 0) is 4.79 Å². The van der Waals surface area contributed by atoms with E-state index in [4.69, 9.17) is 0 Å². The molecule has 110 valence electrons. The molecule has 3 nitrogen and oxygen atoms in total. The van der Waals surface area contributed by atoms with Crippen molar-refractivity contribution >= 4 is 5.91 Å². The molecule has 2 aliphatic carbocycles. The molecule has 1 amide bonds. The Bertz CT molecular complexity index is 313. The first-order valence-corrected chi connectivity index (χ1v) is 8.00. The molecule has 0 aromatic carbocycles. The Morgan fingerprint density at radius 3 is 2.32 bits per heavy atom. The van der Waals surface area contributed by atoms with E-state index >= 15 is 0 Å². The first-order valence-electron chi connectivity index (χ1n) is 8.00. The van der Waals surface area contributed by atoms with Crippen LogP contribution in [0.5, 0.6) is 0 Å². The van der Waals surface area contributed by atoms with Crippen LogP contribution in [0.15, 0.2) is 0 Å². The van der Waals surface area contributed by atoms with Gasteiger partial charge in [-0.2, -0.15) is 0 Å². The molecule has 2 aliphatic rings. The molecule has 3 heteroatoms. The van der Waals surface area contributed by atoms with Crippen LogP contribution in [-0.4, -0.2) is 23.2 Å². The maximum absolute atomic E-state index is 12.4. The number of carbonyl (C=O) groups is 1. The van der Waals surface area contributed by atoms with Crippen LogP contribution in [0, 0.1) is 11.3 Å². The SMILES string of the molecule is CCC1(C(=O)NCC2(O)CCC(C)CC2)CCCC1. The molecule has 0 heterocycles. The normalized spacial score (nSPS) is 34.2. The minimum atomic E-state index is -0.657. The van der Waals surface area contributed by atoms with Crippen molar-refractivity contribution < 1.29 is 9.90 Å². The molecule has 0 bridgehead atoms. The summed E-state index contributed by atoms with van der Waals surface area (Å²) >= 11 is 0. The number of hydrogen-bond donors (Lipinski definition) is 2. The van der Waals surface area contributed by atoms with Crippen LogP contribution in [0.2, 0.25) is 0 Å². The van der Waals surface area contributed by atoms with E-state index < -0.39 is 5.60 Å². The Morgan fingerprint density at radius 2 is 1.79 bits per heavy atom. The fourth-order valence-corrected chi connectivity index (χ4v) is 3.70. The number of aliphatic hydroxyl groups is 1. The average Bonchev–Trinajstić information content (AvgIpc) is 2.90. The van der Waals surface area contributed by atoms with Gasteiger partial charge in [-0.25, -0.2) is 0 Å². The van der Waals surface area contributed by atoms with Gasteiger partial charge in [0.05, 0.1) is 5.60 Å². The molecule has 2 rings (SSSR count). The van der Waals surface area contributed by atoms with Gasteiger partial charge in [0, 0.05) is 12.0 Å². The molecule has 0 aromatic rings. The van der Waals surface area contributed by atoms with Crippen molar-refractivity contribution in [2.24, 2.45) is 11.3 Å². The summed E-state index contributed by atoms with van der Waals surface area (Å²) in [6.07, 6.45) is 9.10. The van der Waals surface area contributed by atoms with E-state index in [1.54, 1.807) is 0 Å². The highest BCUT2D eigenvalue weighted by Gasteiger charge is 2.40. The smallest absolute Gasteiger partial charge is 0.226 e. The monoisotopic (exact) mass is 267 g/mol. The highest BCUT2D eigenvalue weighted by Crippen LogP contribution is 2.41. The molecule has 2 saturated carbocycles. The summed E-state index contributed by atoms with van der Waals surface area (Å²) in [4.78, 5) is 12.4. The lowest BCUT2D eigenvalue weighted by Gasteiger charge is -2.36. The second-order valence-corrected chi connectivity index (χ2v) is 6.93. The van der Waals surface area contributed by atoms with Gasteiger partial charge in [0.25, 0.3) is 0 Å². The van der Waals surface area contributed by atoms with Crippen LogP contribution in [0.1, 0.15) is 71.6 Å². The van der Waals surface area contributed by atoms with Crippen molar-refractivity contribution in [2.75, 3.05) is 6.54 Å². The Hall–Kier alpha value is -0.570. The molecule has 0 radical (unpaired) electrons. The van der Waals surface area contributed by atoms with E-state index in [1.165, 1.54) is 12.8 Å². The van der Waals surface area contributed by atoms with E-state index in [2.05, 4.69) is 19.2 Å². The first kappa shape index (κ1) is 14.8. The third kappa shape index (κ3) is 3.31. The Balaban J connectivity index is 1.86. The zero-order chi connectivity index (χ0) is 13.9. The second kappa shape index (κ2) is 5.82. The topological polar surface area (TPSA) is 49.3 Å². The highest BCUT2D eigenvalue weighted by atomic mass is 16.3. The summed E-state index contributed by atoms with van der Waals surface area (Å²) in [5.41, 5.74) is -0.798. The molecule has 0 spiro atoms. The van der Waals surface area contributed by atoms with Crippen molar-refractivity contribution in [1.29, 1.82) is 0 Å². The summed E-state index contributed by atoms with van der Waals surface area (Å²) in [6, 6.07) is 0. The lowest BCUT2D eigenvalue weighted by atomic mass is 9.78. The summed E-state index contributed by atoms with van der Waals surface area (Å²) in [5.74, 6) is 0.896. The molecule has 2 N–H and O–H groups in total. The summed E-state index contributed by atoms with van der Waals surface area (Å²) in [5, 5.41) is 13.6. The Morgan fingerprint density at radius 1 is 1.21 bits per heavy atom. The third-order valence-corrected chi connectivity index (χ3v) is 5.50. The van der Waals surface area contributed by atoms with Crippen LogP contribution in [0.25, 0.3) is 0 Å². The summed E-state index contributed by atoms with van der Waals surface area (Å²) in [6.45, 7) is 4.80. The predicted octanol–water partition coefficient (Wildman–Crippen LogP) is 3.01. The lowest BCUT2D eigenvalue weighted by Crippen LogP contribution is -2.49. The zero-order valence-electron chi connectivity index (χ0n) is 12.5. The quantitative estimate of drug-likeness (QED) is 0.822. The molecule has 0 aliphatic heterocycles. The van der Waals surface area contributed by atoms with Crippen molar-refractivity contribution in [2.45, 2.75) is 77.2 Å². The van der Waals surface area contributed by atoms with E-state index in [-0.39, 0.29) is 11.3 Å². The fraction of sp³-hybridized carbons (Fsp3) is 0.938. The summed E-state index contributed by atoms with van der Waals surface area (Å²) in [7, 11) is 0. The molecular weight excluding hydrogens is 238 g/mol. The molecule has 0 unspecified atom stereocenters. The van der Waals surface area contributed by atoms with Crippen LogP contribution >= 0.6 is 0 Å². The van der Waals surface area contributed by atoms with Gasteiger partial charge in [-0.1, -0.05) is 26.7 Å². The van der Waals surface area contributed by atoms with Crippen LogP contribution in [0.4, 0.5) is 0 Å². The molecule has 0 atom stereocenters. The van der Waals surface area contributed by atoms with Gasteiger partial charge >= 0.3 is 0 Å². The lowest BCUT2D eigenvalue weighted by molar-refractivity contribution is -0.132. The Kier molecular flexibility index (Phi) is 4.54. The zero-order valence-corrected chi connectivity index (χ0v) is 12.5. The van der Waals surface area contributed by atoms with Gasteiger partial charge in [0.15, 0.2) is 0 Å². The van der Waals surface area contributed by atoms with Crippen molar-refractivity contribution in [3.05, 3.63) is 0 Å². The number of nitrogens with one attached hydrogen (secondary N) is 1. The second-order valence-electron chi connectivity index (χ2n) is 6.93. The van der Waals surface area contributed by atoms with E-state index in [9.17, 15) is 9.90 Å². The van der Waals surface area contributed by atoms with Crippen LogP contribution < -0.4 is 5.32 Å². The van der Waals surface area contributed by atoms with Gasteiger partial charge in [0.1, 0.15) is 0 Å². The van der Waals surface area contributed by atoms with Gasteiger partial charge in [-0.05, 0) is 50.9 Å². The van der Waals surface area contributed by atoms with Gasteiger partial charge < -0.3 is 10.4 Å². The molecule has 2 fully saturated rings. The largest absolute Gasteiger partial charge is 0.388 e. The van der Waals surface area contributed by atoms with E-state index in [0.29, 0.717) is 12.5 Å². The molecule has 19 heavy (non-hydrogen) atoms. The number of amides is 1. The third-order valence-electron chi connectivity index (χ3n) is 5.50. The highest BCUT2D eigenvalue weighted by molar-refractivity contribution is 5.82. The number of hydrogen-bond acceptors (Lipinski definition) is 2. The maximum atomic E-state index is 12.4. The van der Waals surface area contributed by atoms with Gasteiger partial charge in [-0.15, -0.1) is 0 Å². The van der Waals surface area contributed by atoms with Gasteiger partial charge in [-0.3, -0.25) is 4.79 Å². The van der Waals surface area contributed by atoms with Gasteiger partial charge in [0.2, 0.25) is 5.91 Å². The van der Waals surface area contributed by atoms with Crippen molar-refractivity contribution in [1.82, 2.24) is 5.32 Å². The molecular formula is C16H29NO2. The maximum Gasteiger partial charge on any atom is 0.226 e. The van der Waals surface area contributed by atoms with E-state index in [0.717, 1.165) is 44.9 Å². The van der Waals surface area contributed by atoms with Crippen molar-refractivity contribution in [3.63, 3.8) is 0 Å². The van der Waals surface area contributed by atoms with Crippen molar-refractivity contribution in [3.8, 4) is 0 Å². The standard InChI is InChI=1S/C16H29NO2/c1-3-15(8-4-5-9-15)14(18)17-12-16(19)10-6-13(2)7-11-16/h13,19H,3-12H2,1-2H3,(H,17,18). The molecule has 0 saturated heterocycles. The first-order chi connectivity index (χ1) is 9.00.